The lowest BCUT2D eigenvalue weighted by Crippen LogP contribution is -2.36. The van der Waals surface area contributed by atoms with Gasteiger partial charge in [0, 0.05) is 30.8 Å². The van der Waals surface area contributed by atoms with Gasteiger partial charge >= 0.3 is 0 Å². The lowest BCUT2D eigenvalue weighted by Gasteiger charge is -2.24. The third-order valence-corrected chi connectivity index (χ3v) is 3.93. The van der Waals surface area contributed by atoms with Crippen LogP contribution in [0, 0.1) is 17.0 Å². The highest BCUT2D eigenvalue weighted by atomic mass is 35.5. The van der Waals surface area contributed by atoms with Crippen molar-refractivity contribution in [1.82, 2.24) is 10.2 Å². The molecule has 1 aromatic rings. The first-order valence-corrected chi connectivity index (χ1v) is 6.75. The number of nitro groups is 1. The minimum Gasteiger partial charge on any atom is -0.318 e. The van der Waals surface area contributed by atoms with E-state index in [1.54, 1.807) is 12.1 Å². The Kier molecular flexibility index (Phi) is 6.39. The van der Waals surface area contributed by atoms with Gasteiger partial charge in [0.2, 0.25) is 0 Å². The van der Waals surface area contributed by atoms with Gasteiger partial charge in [-0.2, -0.15) is 0 Å². The number of rotatable bonds is 5. The Morgan fingerprint density at radius 1 is 1.50 bits per heavy atom. The molecule has 0 aromatic heterocycles. The number of hydrogen-bond donors (Lipinski definition) is 1. The molecule has 1 aliphatic rings. The van der Waals surface area contributed by atoms with Gasteiger partial charge < -0.3 is 5.32 Å². The number of likely N-dealkylation sites (N-methyl/N-ethyl adjacent to an activating group) is 1. The van der Waals surface area contributed by atoms with Gasteiger partial charge in [-0.1, -0.05) is 12.1 Å². The monoisotopic (exact) mass is 299 g/mol. The van der Waals surface area contributed by atoms with Gasteiger partial charge in [0.25, 0.3) is 5.69 Å². The molecule has 112 valence electrons. The second-order valence-electron chi connectivity index (χ2n) is 5.14. The summed E-state index contributed by atoms with van der Waals surface area (Å²) in [4.78, 5) is 13.1. The van der Waals surface area contributed by atoms with Crippen LogP contribution < -0.4 is 5.32 Å². The molecule has 1 N–H and O–H groups in total. The van der Waals surface area contributed by atoms with E-state index in [-0.39, 0.29) is 23.0 Å². The van der Waals surface area contributed by atoms with Gasteiger partial charge in [0.1, 0.15) is 0 Å². The molecule has 6 heteroatoms. The molecule has 20 heavy (non-hydrogen) atoms. The molecule has 0 amide bonds. The summed E-state index contributed by atoms with van der Waals surface area (Å²) < 4.78 is 0. The fourth-order valence-corrected chi connectivity index (χ4v) is 2.83. The number of benzene rings is 1. The van der Waals surface area contributed by atoms with E-state index in [4.69, 9.17) is 0 Å². The zero-order chi connectivity index (χ0) is 13.8. The predicted octanol–water partition coefficient (Wildman–Crippen LogP) is 2.51. The van der Waals surface area contributed by atoms with E-state index in [2.05, 4.69) is 10.2 Å². The second-order valence-corrected chi connectivity index (χ2v) is 5.14. The number of halogens is 1. The highest BCUT2D eigenvalue weighted by Crippen LogP contribution is 2.25. The Morgan fingerprint density at radius 2 is 2.25 bits per heavy atom. The molecule has 1 fully saturated rings. The molecule has 0 spiro atoms. The second kappa shape index (κ2) is 7.57. The van der Waals surface area contributed by atoms with Crippen molar-refractivity contribution in [2.45, 2.75) is 32.4 Å². The van der Waals surface area contributed by atoms with Crippen molar-refractivity contribution in [1.29, 1.82) is 0 Å². The van der Waals surface area contributed by atoms with Crippen molar-refractivity contribution in [2.75, 3.05) is 20.1 Å². The van der Waals surface area contributed by atoms with Gasteiger partial charge in [0.15, 0.2) is 0 Å². The summed E-state index contributed by atoms with van der Waals surface area (Å²) in [5.41, 5.74) is 2.08. The molecule has 1 atom stereocenters. The van der Waals surface area contributed by atoms with Crippen LogP contribution in [-0.4, -0.2) is 36.0 Å². The van der Waals surface area contributed by atoms with Gasteiger partial charge in [0.05, 0.1) is 4.92 Å². The number of hydrogen-bond acceptors (Lipinski definition) is 4. The minimum absolute atomic E-state index is 0. The zero-order valence-corrected chi connectivity index (χ0v) is 12.8. The number of likely N-dealkylation sites (tertiary alicyclic amines) is 1. The average molecular weight is 300 g/mol. The highest BCUT2D eigenvalue weighted by Gasteiger charge is 2.25. The van der Waals surface area contributed by atoms with Crippen LogP contribution in [0.1, 0.15) is 24.0 Å². The van der Waals surface area contributed by atoms with Gasteiger partial charge in [-0.05, 0) is 38.9 Å². The Hall–Kier alpha value is -1.17. The van der Waals surface area contributed by atoms with Crippen molar-refractivity contribution in [3.63, 3.8) is 0 Å². The van der Waals surface area contributed by atoms with Gasteiger partial charge in [-0.25, -0.2) is 0 Å². The SMILES string of the molecule is CNCC1CCCN1Cc1cccc([N+](=O)[O-])c1C.Cl. The Morgan fingerprint density at radius 3 is 2.90 bits per heavy atom. The van der Waals surface area contributed by atoms with Crippen LogP contribution in [0.3, 0.4) is 0 Å². The molecule has 1 aromatic carbocycles. The summed E-state index contributed by atoms with van der Waals surface area (Å²) in [6, 6.07) is 5.90. The van der Waals surface area contributed by atoms with Crippen LogP contribution in [0.4, 0.5) is 5.69 Å². The summed E-state index contributed by atoms with van der Waals surface area (Å²) in [5, 5.41) is 14.2. The summed E-state index contributed by atoms with van der Waals surface area (Å²) in [6.07, 6.45) is 2.41. The first-order chi connectivity index (χ1) is 9.13. The van der Waals surface area contributed by atoms with E-state index in [1.807, 2.05) is 20.0 Å². The maximum absolute atomic E-state index is 11.0. The Balaban J connectivity index is 0.00000200. The summed E-state index contributed by atoms with van der Waals surface area (Å²) >= 11 is 0. The largest absolute Gasteiger partial charge is 0.318 e. The van der Waals surface area contributed by atoms with Crippen molar-refractivity contribution >= 4 is 18.1 Å². The summed E-state index contributed by atoms with van der Waals surface area (Å²) in [6.45, 7) is 4.71. The quantitative estimate of drug-likeness (QED) is 0.670. The predicted molar refractivity (Wildman–Crippen MR) is 82.4 cm³/mol. The van der Waals surface area contributed by atoms with E-state index in [1.165, 1.54) is 12.8 Å². The molecule has 0 radical (unpaired) electrons. The van der Waals surface area contributed by atoms with E-state index >= 15 is 0 Å². The average Bonchev–Trinajstić information content (AvgIpc) is 2.79. The maximum Gasteiger partial charge on any atom is 0.272 e. The number of nitrogens with zero attached hydrogens (tertiary/aromatic N) is 2. The standard InChI is InChI=1S/C14H21N3O2.ClH/c1-11-12(5-3-7-14(11)17(18)19)10-16-8-4-6-13(16)9-15-2;/h3,5,7,13,15H,4,6,8-10H2,1-2H3;1H. The van der Waals surface area contributed by atoms with E-state index in [9.17, 15) is 10.1 Å². The van der Waals surface area contributed by atoms with Crippen molar-refractivity contribution in [3.05, 3.63) is 39.4 Å². The first-order valence-electron chi connectivity index (χ1n) is 6.75. The molecular weight excluding hydrogens is 278 g/mol. The van der Waals surface area contributed by atoms with Crippen LogP contribution in [0.15, 0.2) is 18.2 Å². The normalized spacial score (nSPS) is 18.8. The molecular formula is C14H22ClN3O2. The fraction of sp³-hybridized carbons (Fsp3) is 0.571. The molecule has 1 unspecified atom stereocenters. The van der Waals surface area contributed by atoms with Crippen LogP contribution in [0.25, 0.3) is 0 Å². The molecule has 5 nitrogen and oxygen atoms in total. The van der Waals surface area contributed by atoms with Crippen LogP contribution in [0.2, 0.25) is 0 Å². The smallest absolute Gasteiger partial charge is 0.272 e. The third kappa shape index (κ3) is 3.69. The van der Waals surface area contributed by atoms with Crippen LogP contribution in [0.5, 0.6) is 0 Å². The lowest BCUT2D eigenvalue weighted by atomic mass is 10.1. The summed E-state index contributed by atoms with van der Waals surface area (Å²) in [5.74, 6) is 0. The summed E-state index contributed by atoms with van der Waals surface area (Å²) in [7, 11) is 1.97. The lowest BCUT2D eigenvalue weighted by molar-refractivity contribution is -0.385. The first kappa shape index (κ1) is 16.9. The zero-order valence-electron chi connectivity index (χ0n) is 12.0. The molecule has 2 rings (SSSR count). The van der Waals surface area contributed by atoms with Gasteiger partial charge in [-0.3, -0.25) is 15.0 Å². The molecule has 1 saturated heterocycles. The van der Waals surface area contributed by atoms with Crippen molar-refractivity contribution in [2.24, 2.45) is 0 Å². The molecule has 0 bridgehead atoms. The fourth-order valence-electron chi connectivity index (χ4n) is 2.83. The number of nitrogens with one attached hydrogen (secondary N) is 1. The number of nitro benzene ring substituents is 1. The Labute approximate surface area is 125 Å². The molecule has 0 aliphatic carbocycles. The molecule has 0 saturated carbocycles. The van der Waals surface area contributed by atoms with Crippen molar-refractivity contribution < 1.29 is 4.92 Å². The molecule has 1 heterocycles. The van der Waals surface area contributed by atoms with Crippen LogP contribution in [-0.2, 0) is 6.54 Å². The van der Waals surface area contributed by atoms with Gasteiger partial charge in [-0.15, -0.1) is 12.4 Å². The van der Waals surface area contributed by atoms with E-state index in [0.717, 1.165) is 30.8 Å². The Bertz CT molecular complexity index is 468. The van der Waals surface area contributed by atoms with Crippen molar-refractivity contribution in [3.8, 4) is 0 Å². The van der Waals surface area contributed by atoms with E-state index in [0.29, 0.717) is 6.04 Å². The van der Waals surface area contributed by atoms with Crippen LogP contribution >= 0.6 is 12.4 Å². The molecule has 1 aliphatic heterocycles. The third-order valence-electron chi connectivity index (χ3n) is 3.93. The van der Waals surface area contributed by atoms with E-state index < -0.39 is 0 Å². The minimum atomic E-state index is -0.298. The highest BCUT2D eigenvalue weighted by molar-refractivity contribution is 5.85. The maximum atomic E-state index is 11.0. The topological polar surface area (TPSA) is 58.4 Å².